The number of fused-ring (bicyclic) bond motifs is 3. The van der Waals surface area contributed by atoms with Crippen molar-refractivity contribution in [2.75, 3.05) is 10.2 Å². The molecule has 3 aliphatic rings. The lowest BCUT2D eigenvalue weighted by Crippen LogP contribution is -2.50. The van der Waals surface area contributed by atoms with Crippen molar-refractivity contribution in [1.82, 2.24) is 4.98 Å². The molecule has 2 aromatic rings. The molecule has 0 saturated heterocycles. The first-order valence-corrected chi connectivity index (χ1v) is 9.80. The molecule has 1 aromatic heterocycles. The fourth-order valence-electron chi connectivity index (χ4n) is 4.88. The molecule has 0 bridgehead atoms. The van der Waals surface area contributed by atoms with E-state index in [1.165, 1.54) is 0 Å². The molecule has 30 heavy (non-hydrogen) atoms. The summed E-state index contributed by atoms with van der Waals surface area (Å²) < 4.78 is 0. The van der Waals surface area contributed by atoms with Gasteiger partial charge < -0.3 is 11.1 Å². The lowest BCUT2D eigenvalue weighted by atomic mass is 9.63. The number of hydrogen-bond donors (Lipinski definition) is 2. The van der Waals surface area contributed by atoms with E-state index in [0.29, 0.717) is 47.5 Å². The number of nitrogens with zero attached hydrogens (tertiary/aromatic N) is 3. The third-order valence-corrected chi connectivity index (χ3v) is 6.09. The van der Waals surface area contributed by atoms with Crippen LogP contribution >= 0.6 is 0 Å². The van der Waals surface area contributed by atoms with Gasteiger partial charge in [0.05, 0.1) is 17.5 Å². The van der Waals surface area contributed by atoms with Crippen LogP contribution in [0.3, 0.4) is 0 Å². The maximum Gasteiger partial charge on any atom is 0.245 e. The molecule has 0 unspecified atom stereocenters. The Hall–Kier alpha value is -3.92. The highest BCUT2D eigenvalue weighted by atomic mass is 16.2. The van der Waals surface area contributed by atoms with Crippen molar-refractivity contribution in [1.29, 1.82) is 5.26 Å². The van der Waals surface area contributed by atoms with Crippen LogP contribution in [-0.4, -0.2) is 16.7 Å². The van der Waals surface area contributed by atoms with Crippen molar-refractivity contribution >= 4 is 23.1 Å². The van der Waals surface area contributed by atoms with Gasteiger partial charge in [-0.2, -0.15) is 5.26 Å². The van der Waals surface area contributed by atoms with Crippen molar-refractivity contribution in [3.8, 4) is 6.07 Å². The van der Waals surface area contributed by atoms with Gasteiger partial charge in [-0.05, 0) is 38.0 Å². The van der Waals surface area contributed by atoms with E-state index in [2.05, 4.69) is 16.4 Å². The number of nitriles is 1. The molecule has 3 heterocycles. The molecule has 1 aromatic carbocycles. The topological polar surface area (TPSA) is 112 Å². The third-order valence-electron chi connectivity index (χ3n) is 6.09. The van der Waals surface area contributed by atoms with Crippen LogP contribution in [-0.2, 0) is 15.0 Å². The van der Waals surface area contributed by atoms with E-state index in [9.17, 15) is 14.9 Å². The van der Waals surface area contributed by atoms with E-state index in [1.807, 2.05) is 31.2 Å². The zero-order valence-electron chi connectivity index (χ0n) is 16.4. The Balaban J connectivity index is 1.90. The number of hydrogen-bond acceptors (Lipinski definition) is 6. The van der Waals surface area contributed by atoms with Gasteiger partial charge in [-0.25, -0.2) is 0 Å². The molecule has 1 amide bonds. The Morgan fingerprint density at radius 3 is 2.83 bits per heavy atom. The average molecular weight is 397 g/mol. The van der Waals surface area contributed by atoms with Crippen LogP contribution in [0.2, 0.25) is 0 Å². The molecular weight excluding hydrogens is 378 g/mol. The Kier molecular flexibility index (Phi) is 3.80. The highest BCUT2D eigenvalue weighted by Crippen LogP contribution is 2.55. The Morgan fingerprint density at radius 1 is 1.27 bits per heavy atom. The number of nitrogens with one attached hydrogen (secondary N) is 1. The van der Waals surface area contributed by atoms with Gasteiger partial charge in [0.2, 0.25) is 5.91 Å². The van der Waals surface area contributed by atoms with Crippen molar-refractivity contribution in [2.24, 2.45) is 5.73 Å². The Morgan fingerprint density at radius 2 is 2.10 bits per heavy atom. The zero-order chi connectivity index (χ0) is 21.0. The van der Waals surface area contributed by atoms with Gasteiger partial charge in [-0.3, -0.25) is 19.5 Å². The van der Waals surface area contributed by atoms with Gasteiger partial charge in [0.15, 0.2) is 5.78 Å². The molecule has 7 nitrogen and oxygen atoms in total. The largest absolute Gasteiger partial charge is 0.384 e. The maximum absolute atomic E-state index is 13.5. The number of ketones is 1. The number of amides is 1. The average Bonchev–Trinajstić information content (AvgIpc) is 3.01. The second kappa shape index (κ2) is 6.29. The quantitative estimate of drug-likeness (QED) is 0.765. The summed E-state index contributed by atoms with van der Waals surface area (Å²) in [6.45, 7) is 1.92. The summed E-state index contributed by atoms with van der Waals surface area (Å²) in [5.41, 5.74) is 8.93. The van der Waals surface area contributed by atoms with Crippen LogP contribution in [0.4, 0.5) is 11.4 Å². The second-order valence-electron chi connectivity index (χ2n) is 7.77. The van der Waals surface area contributed by atoms with Gasteiger partial charge >= 0.3 is 0 Å². The number of carbonyl (C=O) groups is 2. The van der Waals surface area contributed by atoms with Crippen LogP contribution < -0.4 is 16.0 Å². The van der Waals surface area contributed by atoms with Gasteiger partial charge in [0.25, 0.3) is 0 Å². The monoisotopic (exact) mass is 397 g/mol. The van der Waals surface area contributed by atoms with E-state index in [-0.39, 0.29) is 17.2 Å². The lowest BCUT2D eigenvalue weighted by Gasteiger charge is -2.43. The SMILES string of the molecule is Cc1ccc2c(c1)[C@@]1(C(=O)N2)C(C#N)=C(N)N(c2cccnc2)C2=C1C(=O)CCC2. The van der Waals surface area contributed by atoms with Crippen molar-refractivity contribution in [3.63, 3.8) is 0 Å². The Labute approximate surface area is 173 Å². The van der Waals surface area contributed by atoms with Crippen molar-refractivity contribution < 1.29 is 9.59 Å². The smallest absolute Gasteiger partial charge is 0.245 e. The lowest BCUT2D eigenvalue weighted by molar-refractivity contribution is -0.122. The number of aryl methyl sites for hydroxylation is 1. The standard InChI is InChI=1S/C23H19N5O2/c1-13-7-8-17-15(10-13)23(22(30)27-17)16(11-24)21(25)28(14-4-3-9-26-12-14)18-5-2-6-19(29)20(18)23/h3-4,7-10,12H,2,5-6,25H2,1H3,(H,27,30)/t23-/m1/s1. The fourth-order valence-corrected chi connectivity index (χ4v) is 4.88. The number of aromatic nitrogens is 1. The summed E-state index contributed by atoms with van der Waals surface area (Å²) >= 11 is 0. The van der Waals surface area contributed by atoms with E-state index in [4.69, 9.17) is 5.73 Å². The molecule has 148 valence electrons. The predicted molar refractivity (Wildman–Crippen MR) is 111 cm³/mol. The summed E-state index contributed by atoms with van der Waals surface area (Å²) in [5.74, 6) is -0.380. The first-order chi connectivity index (χ1) is 14.5. The number of rotatable bonds is 1. The summed E-state index contributed by atoms with van der Waals surface area (Å²) in [4.78, 5) is 32.7. The number of benzene rings is 1. The summed E-state index contributed by atoms with van der Waals surface area (Å²) in [5, 5.41) is 13.1. The van der Waals surface area contributed by atoms with E-state index >= 15 is 0 Å². The molecule has 0 radical (unpaired) electrons. The third kappa shape index (κ3) is 2.16. The normalized spacial score (nSPS) is 22.7. The molecule has 3 N–H and O–H groups in total. The van der Waals surface area contributed by atoms with Crippen molar-refractivity contribution in [2.45, 2.75) is 31.6 Å². The number of Topliss-reactive ketones (excluding diaryl/α,β-unsaturated/α-hetero) is 1. The van der Waals surface area contributed by atoms with Crippen LogP contribution in [0.1, 0.15) is 30.4 Å². The minimum atomic E-state index is -1.52. The molecular formula is C23H19N5O2. The van der Waals surface area contributed by atoms with Gasteiger partial charge in [-0.15, -0.1) is 0 Å². The number of pyridine rings is 1. The minimum Gasteiger partial charge on any atom is -0.384 e. The fraction of sp³-hybridized carbons (Fsp3) is 0.217. The van der Waals surface area contributed by atoms with Gasteiger partial charge in [0, 0.05) is 35.1 Å². The number of carbonyl (C=O) groups excluding carboxylic acids is 2. The van der Waals surface area contributed by atoms with E-state index in [1.54, 1.807) is 23.4 Å². The molecule has 0 fully saturated rings. The van der Waals surface area contributed by atoms with E-state index < -0.39 is 11.3 Å². The molecule has 7 heteroatoms. The van der Waals surface area contributed by atoms with Crippen LogP contribution in [0, 0.1) is 18.3 Å². The van der Waals surface area contributed by atoms with Crippen LogP contribution in [0.5, 0.6) is 0 Å². The second-order valence-corrected chi connectivity index (χ2v) is 7.77. The highest BCUT2D eigenvalue weighted by molar-refractivity contribution is 6.19. The van der Waals surface area contributed by atoms with Crippen molar-refractivity contribution in [3.05, 3.63) is 76.5 Å². The first-order valence-electron chi connectivity index (χ1n) is 9.80. The molecule has 5 rings (SSSR count). The van der Waals surface area contributed by atoms with Gasteiger partial charge in [0.1, 0.15) is 17.3 Å². The van der Waals surface area contributed by atoms with Crippen LogP contribution in [0.15, 0.2) is 65.4 Å². The zero-order valence-corrected chi connectivity index (χ0v) is 16.4. The summed E-state index contributed by atoms with van der Waals surface area (Å²) in [7, 11) is 0. The summed E-state index contributed by atoms with van der Waals surface area (Å²) in [6, 6.07) is 11.3. The molecule has 1 atom stereocenters. The molecule has 0 saturated carbocycles. The Bertz CT molecular complexity index is 1220. The highest BCUT2D eigenvalue weighted by Gasteiger charge is 2.60. The summed E-state index contributed by atoms with van der Waals surface area (Å²) in [6.07, 6.45) is 4.84. The molecule has 1 aliphatic carbocycles. The first kappa shape index (κ1) is 18.1. The number of nitrogens with two attached hydrogens (primary N) is 1. The molecule has 1 spiro atoms. The van der Waals surface area contributed by atoms with E-state index in [0.717, 1.165) is 5.56 Å². The number of anilines is 2. The minimum absolute atomic E-state index is 0.0715. The predicted octanol–water partition coefficient (Wildman–Crippen LogP) is 2.80. The maximum atomic E-state index is 13.5. The van der Waals surface area contributed by atoms with Gasteiger partial charge in [-0.1, -0.05) is 17.7 Å². The molecule has 2 aliphatic heterocycles. The number of allylic oxidation sites excluding steroid dienone is 1. The van der Waals surface area contributed by atoms with Crippen LogP contribution in [0.25, 0.3) is 0 Å².